The molecule has 0 unspecified atom stereocenters. The van der Waals surface area contributed by atoms with Crippen molar-refractivity contribution < 1.29 is 9.47 Å². The zero-order valence-electron chi connectivity index (χ0n) is 11.7. The van der Waals surface area contributed by atoms with E-state index in [1.54, 1.807) is 7.11 Å². The van der Waals surface area contributed by atoms with Gasteiger partial charge >= 0.3 is 0 Å². The van der Waals surface area contributed by atoms with E-state index in [-0.39, 0.29) is 0 Å². The lowest BCUT2D eigenvalue weighted by Crippen LogP contribution is -2.19. The Morgan fingerprint density at radius 2 is 2.16 bits per heavy atom. The van der Waals surface area contributed by atoms with Crippen LogP contribution >= 0.6 is 15.9 Å². The summed E-state index contributed by atoms with van der Waals surface area (Å²) in [6, 6.07) is 4.25. The van der Waals surface area contributed by atoms with E-state index in [4.69, 9.17) is 9.47 Å². The summed E-state index contributed by atoms with van der Waals surface area (Å²) in [5.74, 6) is 1.82. The average molecular weight is 328 g/mol. The Hall–Kier alpha value is -0.580. The van der Waals surface area contributed by atoms with Crippen LogP contribution in [0.3, 0.4) is 0 Å². The SMILES string of the molecule is COCCNCc1cc(Br)cc(C)c1OCC1CC1. The molecule has 1 aliphatic rings. The van der Waals surface area contributed by atoms with Crippen LogP contribution in [-0.2, 0) is 11.3 Å². The fraction of sp³-hybridized carbons (Fsp3) is 0.600. The quantitative estimate of drug-likeness (QED) is 0.743. The van der Waals surface area contributed by atoms with Crippen LogP contribution in [0, 0.1) is 12.8 Å². The molecule has 0 aliphatic heterocycles. The largest absolute Gasteiger partial charge is 0.493 e. The number of hydrogen-bond donors (Lipinski definition) is 1. The zero-order valence-corrected chi connectivity index (χ0v) is 13.3. The molecular formula is C15H22BrNO2. The maximum Gasteiger partial charge on any atom is 0.126 e. The van der Waals surface area contributed by atoms with Crippen LogP contribution in [0.4, 0.5) is 0 Å². The van der Waals surface area contributed by atoms with E-state index in [1.807, 2.05) is 0 Å². The van der Waals surface area contributed by atoms with Crippen molar-refractivity contribution >= 4 is 15.9 Å². The lowest BCUT2D eigenvalue weighted by Gasteiger charge is -2.15. The number of rotatable bonds is 8. The van der Waals surface area contributed by atoms with Gasteiger partial charge in [-0.15, -0.1) is 0 Å². The smallest absolute Gasteiger partial charge is 0.126 e. The van der Waals surface area contributed by atoms with Crippen molar-refractivity contribution in [1.82, 2.24) is 5.32 Å². The number of ether oxygens (including phenoxy) is 2. The third-order valence-electron chi connectivity index (χ3n) is 3.28. The van der Waals surface area contributed by atoms with Crippen molar-refractivity contribution in [2.45, 2.75) is 26.3 Å². The van der Waals surface area contributed by atoms with E-state index in [2.05, 4.69) is 40.3 Å². The first-order valence-corrected chi connectivity index (χ1v) is 7.61. The Bertz CT molecular complexity index is 419. The van der Waals surface area contributed by atoms with Gasteiger partial charge in [0.2, 0.25) is 0 Å². The fourth-order valence-electron chi connectivity index (χ4n) is 2.02. The molecule has 19 heavy (non-hydrogen) atoms. The molecule has 2 rings (SSSR count). The summed E-state index contributed by atoms with van der Waals surface area (Å²) >= 11 is 3.55. The van der Waals surface area contributed by atoms with Gasteiger partial charge in [-0.3, -0.25) is 0 Å². The number of aryl methyl sites for hydroxylation is 1. The second kappa shape index (κ2) is 7.27. The molecule has 0 atom stereocenters. The number of nitrogens with one attached hydrogen (secondary N) is 1. The van der Waals surface area contributed by atoms with Crippen molar-refractivity contribution in [3.8, 4) is 5.75 Å². The predicted molar refractivity (Wildman–Crippen MR) is 80.7 cm³/mol. The minimum atomic E-state index is 0.727. The highest BCUT2D eigenvalue weighted by Crippen LogP contribution is 2.33. The fourth-order valence-corrected chi connectivity index (χ4v) is 2.64. The van der Waals surface area contributed by atoms with Gasteiger partial charge in [-0.1, -0.05) is 15.9 Å². The first-order chi connectivity index (χ1) is 9.20. The molecular weight excluding hydrogens is 306 g/mol. The topological polar surface area (TPSA) is 30.5 Å². The Morgan fingerprint density at radius 1 is 1.37 bits per heavy atom. The van der Waals surface area contributed by atoms with Crippen LogP contribution in [0.15, 0.2) is 16.6 Å². The third-order valence-corrected chi connectivity index (χ3v) is 3.73. The molecule has 0 saturated heterocycles. The number of halogens is 1. The van der Waals surface area contributed by atoms with Crippen molar-refractivity contribution in [3.63, 3.8) is 0 Å². The van der Waals surface area contributed by atoms with Gasteiger partial charge < -0.3 is 14.8 Å². The molecule has 0 heterocycles. The summed E-state index contributed by atoms with van der Waals surface area (Å²) in [7, 11) is 1.72. The highest BCUT2D eigenvalue weighted by molar-refractivity contribution is 9.10. The molecule has 4 heteroatoms. The van der Waals surface area contributed by atoms with Crippen LogP contribution < -0.4 is 10.1 Å². The van der Waals surface area contributed by atoms with E-state index >= 15 is 0 Å². The van der Waals surface area contributed by atoms with Crippen molar-refractivity contribution in [2.24, 2.45) is 5.92 Å². The number of hydrogen-bond acceptors (Lipinski definition) is 3. The van der Waals surface area contributed by atoms with Crippen LogP contribution in [0.1, 0.15) is 24.0 Å². The summed E-state index contributed by atoms with van der Waals surface area (Å²) < 4.78 is 12.2. The molecule has 1 aliphatic carbocycles. The molecule has 0 radical (unpaired) electrons. The van der Waals surface area contributed by atoms with Crippen LogP contribution in [0.2, 0.25) is 0 Å². The van der Waals surface area contributed by atoms with Gasteiger partial charge in [0.05, 0.1) is 13.2 Å². The highest BCUT2D eigenvalue weighted by atomic mass is 79.9. The Morgan fingerprint density at radius 3 is 2.84 bits per heavy atom. The lowest BCUT2D eigenvalue weighted by atomic mass is 10.1. The van der Waals surface area contributed by atoms with E-state index in [0.717, 1.165) is 42.4 Å². The van der Waals surface area contributed by atoms with Gasteiger partial charge in [0.1, 0.15) is 5.75 Å². The maximum absolute atomic E-state index is 6.01. The molecule has 0 bridgehead atoms. The second-order valence-corrected chi connectivity index (χ2v) is 6.05. The monoisotopic (exact) mass is 327 g/mol. The summed E-state index contributed by atoms with van der Waals surface area (Å²) in [5.41, 5.74) is 2.40. The maximum atomic E-state index is 6.01. The van der Waals surface area contributed by atoms with Gasteiger partial charge in [0, 0.05) is 30.2 Å². The lowest BCUT2D eigenvalue weighted by molar-refractivity contribution is 0.199. The summed E-state index contributed by atoms with van der Waals surface area (Å²) in [6.45, 7) is 5.35. The van der Waals surface area contributed by atoms with Crippen molar-refractivity contribution in [1.29, 1.82) is 0 Å². The Kier molecular flexibility index (Phi) is 5.67. The standard InChI is InChI=1S/C15H22BrNO2/c1-11-7-14(16)8-13(9-17-5-6-18-2)15(11)19-10-12-3-4-12/h7-8,12,17H,3-6,9-10H2,1-2H3. The van der Waals surface area contributed by atoms with Crippen LogP contribution in [-0.4, -0.2) is 26.9 Å². The predicted octanol–water partition coefficient (Wildman–Crippen LogP) is 3.28. The summed E-state index contributed by atoms with van der Waals surface area (Å²) in [6.07, 6.45) is 2.63. The Labute approximate surface area is 123 Å². The molecule has 0 spiro atoms. The van der Waals surface area contributed by atoms with Gasteiger partial charge in [0.25, 0.3) is 0 Å². The highest BCUT2D eigenvalue weighted by Gasteiger charge is 2.22. The van der Waals surface area contributed by atoms with Gasteiger partial charge in [0.15, 0.2) is 0 Å². The molecule has 0 aromatic heterocycles. The van der Waals surface area contributed by atoms with Crippen molar-refractivity contribution in [2.75, 3.05) is 26.9 Å². The van der Waals surface area contributed by atoms with Crippen LogP contribution in [0.5, 0.6) is 5.75 Å². The van der Waals surface area contributed by atoms with E-state index in [0.29, 0.717) is 0 Å². The summed E-state index contributed by atoms with van der Waals surface area (Å²) in [5, 5.41) is 3.37. The van der Waals surface area contributed by atoms with Crippen LogP contribution in [0.25, 0.3) is 0 Å². The van der Waals surface area contributed by atoms with E-state index in [1.165, 1.54) is 24.0 Å². The van der Waals surface area contributed by atoms with Gasteiger partial charge in [-0.2, -0.15) is 0 Å². The first kappa shape index (κ1) is 14.8. The van der Waals surface area contributed by atoms with E-state index < -0.39 is 0 Å². The second-order valence-electron chi connectivity index (χ2n) is 5.13. The molecule has 1 N–H and O–H groups in total. The Balaban J connectivity index is 1.99. The third kappa shape index (κ3) is 4.79. The minimum Gasteiger partial charge on any atom is -0.493 e. The summed E-state index contributed by atoms with van der Waals surface area (Å²) in [4.78, 5) is 0. The normalized spacial score (nSPS) is 14.7. The van der Waals surface area contributed by atoms with Gasteiger partial charge in [-0.05, 0) is 43.4 Å². The number of methoxy groups -OCH3 is 1. The first-order valence-electron chi connectivity index (χ1n) is 6.82. The van der Waals surface area contributed by atoms with E-state index in [9.17, 15) is 0 Å². The van der Waals surface area contributed by atoms with Crippen molar-refractivity contribution in [3.05, 3.63) is 27.7 Å². The average Bonchev–Trinajstić information content (AvgIpc) is 3.17. The minimum absolute atomic E-state index is 0.727. The zero-order chi connectivity index (χ0) is 13.7. The molecule has 1 aromatic carbocycles. The molecule has 1 fully saturated rings. The molecule has 0 amide bonds. The molecule has 1 aromatic rings. The number of benzene rings is 1. The molecule has 106 valence electrons. The van der Waals surface area contributed by atoms with Gasteiger partial charge in [-0.25, -0.2) is 0 Å². The molecule has 3 nitrogen and oxygen atoms in total. The molecule has 1 saturated carbocycles.